The summed E-state index contributed by atoms with van der Waals surface area (Å²) < 4.78 is 49.7. The summed E-state index contributed by atoms with van der Waals surface area (Å²) in [6, 6.07) is 14.2. The molecule has 0 saturated carbocycles. The number of benzene rings is 2. The highest BCUT2D eigenvalue weighted by Crippen LogP contribution is 2.41. The lowest BCUT2D eigenvalue weighted by molar-refractivity contribution is -0.140. The number of amides is 1. The van der Waals surface area contributed by atoms with Crippen LogP contribution >= 0.6 is 11.3 Å². The molecule has 0 fully saturated rings. The van der Waals surface area contributed by atoms with Crippen molar-refractivity contribution in [2.24, 2.45) is 5.41 Å². The molecule has 2 aromatic carbocycles. The highest BCUT2D eigenvalue weighted by atomic mass is 32.1. The number of hydrogen-bond donors (Lipinski definition) is 1. The summed E-state index contributed by atoms with van der Waals surface area (Å²) in [7, 11) is 1.30. The fraction of sp³-hybridized carbons (Fsp3) is 0.357. The summed E-state index contributed by atoms with van der Waals surface area (Å²) in [5.74, 6) is -0.0527. The number of esters is 1. The summed E-state index contributed by atoms with van der Waals surface area (Å²) in [6.45, 7) is 8.18. The zero-order valence-electron chi connectivity index (χ0n) is 21.4. The Labute approximate surface area is 218 Å². The Morgan fingerprint density at radius 3 is 2.24 bits per heavy atom. The second-order valence-electron chi connectivity index (χ2n) is 9.70. The monoisotopic (exact) mass is 533 g/mol. The minimum absolute atomic E-state index is 0.0933. The number of hydrogen-bond acceptors (Lipinski definition) is 5. The van der Waals surface area contributed by atoms with Crippen LogP contribution in [0, 0.1) is 12.3 Å². The van der Waals surface area contributed by atoms with Gasteiger partial charge in [-0.15, -0.1) is 11.3 Å². The molecule has 1 atom stereocenters. The van der Waals surface area contributed by atoms with Crippen molar-refractivity contribution in [2.45, 2.75) is 46.4 Å². The van der Waals surface area contributed by atoms with Gasteiger partial charge in [-0.1, -0.05) is 39.0 Å². The van der Waals surface area contributed by atoms with E-state index in [1.54, 1.807) is 12.1 Å². The number of ether oxygens (including phenoxy) is 2. The third kappa shape index (κ3) is 7.35. The van der Waals surface area contributed by atoms with E-state index in [2.05, 4.69) is 10.1 Å². The number of carbonyl (C=O) groups excluding carboxylic acids is 2. The van der Waals surface area contributed by atoms with Crippen LogP contribution in [0.1, 0.15) is 59.0 Å². The molecular weight excluding hydrogens is 503 g/mol. The molecule has 0 aliphatic rings. The molecule has 5 nitrogen and oxygen atoms in total. The van der Waals surface area contributed by atoms with Crippen molar-refractivity contribution in [2.75, 3.05) is 13.7 Å². The predicted molar refractivity (Wildman–Crippen MR) is 138 cm³/mol. The second-order valence-corrected chi connectivity index (χ2v) is 10.8. The molecule has 3 rings (SSSR count). The molecule has 9 heteroatoms. The molecule has 0 spiro atoms. The van der Waals surface area contributed by atoms with Gasteiger partial charge in [0.15, 0.2) is 0 Å². The minimum Gasteiger partial charge on any atom is -0.484 e. The highest BCUT2D eigenvalue weighted by Gasteiger charge is 2.31. The van der Waals surface area contributed by atoms with Crippen LogP contribution in [0.15, 0.2) is 54.6 Å². The Kier molecular flexibility index (Phi) is 8.68. The number of nitrogens with one attached hydrogen (secondary N) is 1. The van der Waals surface area contributed by atoms with Crippen LogP contribution < -0.4 is 10.1 Å². The van der Waals surface area contributed by atoms with Crippen LogP contribution in [0.2, 0.25) is 0 Å². The first-order valence-electron chi connectivity index (χ1n) is 11.7. The zero-order valence-corrected chi connectivity index (χ0v) is 22.2. The topological polar surface area (TPSA) is 64.6 Å². The lowest BCUT2D eigenvalue weighted by Gasteiger charge is -2.30. The van der Waals surface area contributed by atoms with Crippen LogP contribution in [0.4, 0.5) is 13.2 Å². The van der Waals surface area contributed by atoms with Crippen molar-refractivity contribution in [3.63, 3.8) is 0 Å². The van der Waals surface area contributed by atoms with Crippen molar-refractivity contribution in [1.29, 1.82) is 0 Å². The van der Waals surface area contributed by atoms with Gasteiger partial charge in [-0.3, -0.25) is 9.59 Å². The minimum atomic E-state index is -4.38. The average molecular weight is 534 g/mol. The number of alkyl halides is 3. The van der Waals surface area contributed by atoms with Crippen molar-refractivity contribution in [1.82, 2.24) is 5.32 Å². The van der Waals surface area contributed by atoms with E-state index in [-0.39, 0.29) is 30.4 Å². The lowest BCUT2D eigenvalue weighted by Crippen LogP contribution is -2.25. The fourth-order valence-electron chi connectivity index (χ4n) is 3.75. The number of aryl methyl sites for hydroxylation is 1. The maximum atomic E-state index is 12.9. The van der Waals surface area contributed by atoms with E-state index in [4.69, 9.17) is 4.74 Å². The number of carbonyl (C=O) groups is 2. The van der Waals surface area contributed by atoms with Gasteiger partial charge in [0.2, 0.25) is 0 Å². The van der Waals surface area contributed by atoms with Crippen LogP contribution in [0.25, 0.3) is 11.1 Å². The second kappa shape index (κ2) is 11.4. The van der Waals surface area contributed by atoms with E-state index < -0.39 is 17.7 Å². The molecule has 3 aromatic rings. The Morgan fingerprint density at radius 1 is 1.00 bits per heavy atom. The first-order valence-corrected chi connectivity index (χ1v) is 12.5. The van der Waals surface area contributed by atoms with E-state index in [0.717, 1.165) is 28.1 Å². The van der Waals surface area contributed by atoms with Gasteiger partial charge in [-0.2, -0.15) is 13.2 Å². The molecule has 1 aromatic heterocycles. The van der Waals surface area contributed by atoms with Crippen LogP contribution in [0.5, 0.6) is 5.75 Å². The third-order valence-electron chi connectivity index (χ3n) is 5.71. The smallest absolute Gasteiger partial charge is 0.416 e. The van der Waals surface area contributed by atoms with Gasteiger partial charge in [0, 0.05) is 16.8 Å². The number of rotatable bonds is 8. The van der Waals surface area contributed by atoms with Crippen molar-refractivity contribution < 1.29 is 32.2 Å². The predicted octanol–water partition coefficient (Wildman–Crippen LogP) is 7.20. The summed E-state index contributed by atoms with van der Waals surface area (Å²) in [4.78, 5) is 25.1. The van der Waals surface area contributed by atoms with Gasteiger partial charge in [0.05, 0.1) is 24.0 Å². The molecule has 1 N–H and O–H groups in total. The van der Waals surface area contributed by atoms with Gasteiger partial charge >= 0.3 is 12.1 Å². The molecule has 1 amide bonds. The molecule has 0 aliphatic carbocycles. The molecule has 1 unspecified atom stereocenters. The molecule has 1 heterocycles. The molecule has 198 valence electrons. The fourth-order valence-corrected chi connectivity index (χ4v) is 4.95. The Morgan fingerprint density at radius 2 is 1.68 bits per heavy atom. The maximum Gasteiger partial charge on any atom is 0.416 e. The molecule has 0 aliphatic heterocycles. The Balaban J connectivity index is 1.77. The standard InChI is InChI=1S/C28H30F3NO4S/c1-17-16-20(10-11-21(17)18-6-8-19(9-7-18)28(29,30)31)36-25(27(2,3)4)22-12-13-23(37-22)26(34)32-15-14-24(33)35-5/h6-13,16,25H,14-15H2,1-5H3,(H,32,34). The third-order valence-corrected chi connectivity index (χ3v) is 6.84. The van der Waals surface area contributed by atoms with Crippen LogP contribution in [-0.4, -0.2) is 25.5 Å². The molecule has 37 heavy (non-hydrogen) atoms. The van der Waals surface area contributed by atoms with E-state index in [0.29, 0.717) is 16.2 Å². The number of thiophene rings is 1. The van der Waals surface area contributed by atoms with Crippen molar-refractivity contribution in [3.05, 3.63) is 75.5 Å². The summed E-state index contributed by atoms with van der Waals surface area (Å²) in [6.07, 6.45) is -4.64. The molecule has 0 saturated heterocycles. The largest absolute Gasteiger partial charge is 0.484 e. The highest BCUT2D eigenvalue weighted by molar-refractivity contribution is 7.14. The summed E-state index contributed by atoms with van der Waals surface area (Å²) >= 11 is 1.32. The summed E-state index contributed by atoms with van der Waals surface area (Å²) in [5, 5.41) is 2.71. The molecule has 0 radical (unpaired) electrons. The normalized spacial score (nSPS) is 12.6. The van der Waals surface area contributed by atoms with Crippen LogP contribution in [-0.2, 0) is 15.7 Å². The number of methoxy groups -OCH3 is 1. The van der Waals surface area contributed by atoms with E-state index in [9.17, 15) is 22.8 Å². The molecule has 0 bridgehead atoms. The van der Waals surface area contributed by atoms with Gasteiger partial charge in [0.1, 0.15) is 11.9 Å². The Hall–Kier alpha value is -3.33. The quantitative estimate of drug-likeness (QED) is 0.311. The Bertz CT molecular complexity index is 1240. The molecular formula is C28H30F3NO4S. The average Bonchev–Trinajstić information content (AvgIpc) is 3.31. The van der Waals surface area contributed by atoms with Gasteiger partial charge in [-0.05, 0) is 60.0 Å². The van der Waals surface area contributed by atoms with E-state index in [1.165, 1.54) is 30.6 Å². The van der Waals surface area contributed by atoms with Crippen LogP contribution in [0.3, 0.4) is 0 Å². The van der Waals surface area contributed by atoms with Crippen molar-refractivity contribution >= 4 is 23.2 Å². The SMILES string of the molecule is COC(=O)CCNC(=O)c1ccc(C(Oc2ccc(-c3ccc(C(F)(F)F)cc3)c(C)c2)C(C)(C)C)s1. The van der Waals surface area contributed by atoms with E-state index >= 15 is 0 Å². The lowest BCUT2D eigenvalue weighted by atomic mass is 9.88. The first kappa shape index (κ1) is 28.2. The van der Waals surface area contributed by atoms with E-state index in [1.807, 2.05) is 45.9 Å². The number of halogens is 3. The zero-order chi connectivity index (χ0) is 27.4. The maximum absolute atomic E-state index is 12.9. The van der Waals surface area contributed by atoms with Gasteiger partial charge < -0.3 is 14.8 Å². The van der Waals surface area contributed by atoms with Crippen molar-refractivity contribution in [3.8, 4) is 16.9 Å². The summed E-state index contributed by atoms with van der Waals surface area (Å²) in [5.41, 5.74) is 1.38. The van der Waals surface area contributed by atoms with Gasteiger partial charge in [0.25, 0.3) is 5.91 Å². The van der Waals surface area contributed by atoms with Gasteiger partial charge in [-0.25, -0.2) is 0 Å². The first-order chi connectivity index (χ1) is 17.3.